The minimum atomic E-state index is -0.602. The minimum absolute atomic E-state index is 0.0452. The highest BCUT2D eigenvalue weighted by molar-refractivity contribution is 6.30. The van der Waals surface area contributed by atoms with Gasteiger partial charge < -0.3 is 20.8 Å². The average molecular weight is 415 g/mol. The number of amides is 1. The Balaban J connectivity index is 1.72. The fourth-order valence-corrected chi connectivity index (χ4v) is 2.93. The molecular formula is C20H23ClN6O2. The number of nitrogens with two attached hydrogens (primary N) is 1. The van der Waals surface area contributed by atoms with E-state index < -0.39 is 5.91 Å². The van der Waals surface area contributed by atoms with Gasteiger partial charge in [0.1, 0.15) is 12.3 Å². The van der Waals surface area contributed by atoms with Gasteiger partial charge in [-0.05, 0) is 42.8 Å². The molecule has 8 nitrogen and oxygen atoms in total. The maximum Gasteiger partial charge on any atom is 0.284 e. The molecule has 0 saturated carbocycles. The van der Waals surface area contributed by atoms with Crippen LogP contribution in [0.4, 0.5) is 0 Å². The van der Waals surface area contributed by atoms with Crippen LogP contribution < -0.4 is 16.4 Å². The second kappa shape index (κ2) is 9.79. The number of aromatic nitrogens is 2. The molecule has 152 valence electrons. The third-order valence-corrected chi connectivity index (χ3v) is 4.46. The number of carbonyl (C=O) groups excluding carboxylic acids is 1. The van der Waals surface area contributed by atoms with E-state index in [1.54, 1.807) is 18.3 Å². The van der Waals surface area contributed by atoms with Crippen LogP contribution >= 0.6 is 11.6 Å². The second-order valence-corrected chi connectivity index (χ2v) is 6.70. The van der Waals surface area contributed by atoms with Crippen LogP contribution in [-0.4, -0.2) is 34.7 Å². The molecule has 0 saturated heterocycles. The summed E-state index contributed by atoms with van der Waals surface area (Å²) in [5.41, 5.74) is 6.28. The van der Waals surface area contributed by atoms with Crippen LogP contribution in [0.25, 0.3) is 0 Å². The standard InChI is InChI=1S/C20H23ClN6O2/c1-2-23-20(24-12-16-8-9-18(29-16)19(22)28)25-13-17(27-11-3-10-26-27)14-4-6-15(21)7-5-14/h3-11,17H,2,12-13H2,1H3,(H2,22,28)(H2,23,24,25). The van der Waals surface area contributed by atoms with Crippen LogP contribution in [0, 0.1) is 0 Å². The second-order valence-electron chi connectivity index (χ2n) is 6.26. The quantitative estimate of drug-likeness (QED) is 0.387. The summed E-state index contributed by atoms with van der Waals surface area (Å²) in [6.45, 7) is 3.51. The Bertz CT molecular complexity index is 950. The molecule has 29 heavy (non-hydrogen) atoms. The smallest absolute Gasteiger partial charge is 0.284 e. The molecule has 0 radical (unpaired) electrons. The highest BCUT2D eigenvalue weighted by atomic mass is 35.5. The van der Waals surface area contributed by atoms with E-state index in [1.165, 1.54) is 0 Å². The van der Waals surface area contributed by atoms with Crippen LogP contribution in [-0.2, 0) is 6.54 Å². The number of rotatable bonds is 8. The first-order valence-corrected chi connectivity index (χ1v) is 9.60. The van der Waals surface area contributed by atoms with Crippen molar-refractivity contribution >= 4 is 23.5 Å². The van der Waals surface area contributed by atoms with E-state index in [1.807, 2.05) is 48.1 Å². The fourth-order valence-electron chi connectivity index (χ4n) is 2.80. The molecule has 1 unspecified atom stereocenters. The molecule has 2 aromatic heterocycles. The van der Waals surface area contributed by atoms with Crippen molar-refractivity contribution in [3.8, 4) is 0 Å². The number of nitrogens with one attached hydrogen (secondary N) is 2. The first kappa shape index (κ1) is 20.5. The van der Waals surface area contributed by atoms with Crippen molar-refractivity contribution < 1.29 is 9.21 Å². The van der Waals surface area contributed by atoms with E-state index in [9.17, 15) is 4.79 Å². The van der Waals surface area contributed by atoms with Gasteiger partial charge in [-0.15, -0.1) is 0 Å². The number of primary amides is 1. The maximum absolute atomic E-state index is 11.2. The largest absolute Gasteiger partial charge is 0.454 e. The summed E-state index contributed by atoms with van der Waals surface area (Å²) in [7, 11) is 0. The van der Waals surface area contributed by atoms with E-state index in [0.717, 1.165) is 5.56 Å². The Labute approximate surface area is 173 Å². The van der Waals surface area contributed by atoms with Gasteiger partial charge in [-0.25, -0.2) is 4.99 Å². The molecule has 0 fully saturated rings. The van der Waals surface area contributed by atoms with Gasteiger partial charge in [-0.2, -0.15) is 5.10 Å². The molecule has 4 N–H and O–H groups in total. The maximum atomic E-state index is 11.2. The number of guanidine groups is 1. The predicted molar refractivity (Wildman–Crippen MR) is 112 cm³/mol. The normalized spacial score (nSPS) is 12.6. The third-order valence-electron chi connectivity index (χ3n) is 4.20. The third kappa shape index (κ3) is 5.61. The van der Waals surface area contributed by atoms with Gasteiger partial charge >= 0.3 is 0 Å². The van der Waals surface area contributed by atoms with E-state index in [2.05, 4.69) is 20.7 Å². The van der Waals surface area contributed by atoms with Gasteiger partial charge in [0, 0.05) is 30.5 Å². The SMILES string of the molecule is CCNC(=NCc1ccc(C(N)=O)o1)NCC(c1ccc(Cl)cc1)n1cccn1. The number of halogens is 1. The number of nitrogens with zero attached hydrogens (tertiary/aromatic N) is 3. The van der Waals surface area contributed by atoms with Crippen LogP contribution in [0.5, 0.6) is 0 Å². The van der Waals surface area contributed by atoms with Crippen molar-refractivity contribution in [2.24, 2.45) is 10.7 Å². The lowest BCUT2D eigenvalue weighted by Crippen LogP contribution is -2.40. The van der Waals surface area contributed by atoms with E-state index in [0.29, 0.717) is 29.8 Å². The first-order chi connectivity index (χ1) is 14.1. The number of carbonyl (C=O) groups is 1. The Morgan fingerprint density at radius 3 is 2.69 bits per heavy atom. The van der Waals surface area contributed by atoms with Crippen molar-refractivity contribution in [1.29, 1.82) is 0 Å². The summed E-state index contributed by atoms with van der Waals surface area (Å²) in [6.07, 6.45) is 3.66. The van der Waals surface area contributed by atoms with Crippen molar-refractivity contribution in [3.63, 3.8) is 0 Å². The topological polar surface area (TPSA) is 110 Å². The number of benzene rings is 1. The van der Waals surface area contributed by atoms with E-state index in [-0.39, 0.29) is 18.3 Å². The van der Waals surface area contributed by atoms with Crippen molar-refractivity contribution in [3.05, 3.63) is 77.0 Å². The monoisotopic (exact) mass is 414 g/mol. The zero-order chi connectivity index (χ0) is 20.6. The molecule has 9 heteroatoms. The first-order valence-electron chi connectivity index (χ1n) is 9.22. The molecule has 0 spiro atoms. The molecule has 3 aromatic rings. The lowest BCUT2D eigenvalue weighted by Gasteiger charge is -2.20. The van der Waals surface area contributed by atoms with Crippen LogP contribution in [0.15, 0.2) is 64.3 Å². The zero-order valence-corrected chi connectivity index (χ0v) is 16.8. The summed E-state index contributed by atoms with van der Waals surface area (Å²) < 4.78 is 7.26. The molecule has 1 aromatic carbocycles. The Kier molecular flexibility index (Phi) is 6.91. The highest BCUT2D eigenvalue weighted by Gasteiger charge is 2.15. The zero-order valence-electron chi connectivity index (χ0n) is 16.0. The van der Waals surface area contributed by atoms with Crippen LogP contribution in [0.2, 0.25) is 5.02 Å². The minimum Gasteiger partial charge on any atom is -0.454 e. The molecule has 0 bridgehead atoms. The Hall–Kier alpha value is -3.26. The molecule has 3 rings (SSSR count). The Morgan fingerprint density at radius 2 is 2.07 bits per heavy atom. The number of aliphatic imine (C=N–C) groups is 1. The summed E-state index contributed by atoms with van der Waals surface area (Å²) in [5.74, 6) is 0.693. The van der Waals surface area contributed by atoms with Crippen molar-refractivity contribution in [2.75, 3.05) is 13.1 Å². The molecular weight excluding hydrogens is 392 g/mol. The fraction of sp³-hybridized carbons (Fsp3) is 0.250. The van der Waals surface area contributed by atoms with Gasteiger partial charge in [0.15, 0.2) is 11.7 Å². The lowest BCUT2D eigenvalue weighted by molar-refractivity contribution is 0.0972. The highest BCUT2D eigenvalue weighted by Crippen LogP contribution is 2.19. The number of hydrogen-bond donors (Lipinski definition) is 3. The molecule has 0 aliphatic rings. The van der Waals surface area contributed by atoms with Crippen molar-refractivity contribution in [2.45, 2.75) is 19.5 Å². The lowest BCUT2D eigenvalue weighted by atomic mass is 10.1. The van der Waals surface area contributed by atoms with Gasteiger partial charge in [-0.3, -0.25) is 9.48 Å². The van der Waals surface area contributed by atoms with Gasteiger partial charge in [0.2, 0.25) is 0 Å². The van der Waals surface area contributed by atoms with Gasteiger partial charge in [-0.1, -0.05) is 23.7 Å². The molecule has 0 aliphatic heterocycles. The summed E-state index contributed by atoms with van der Waals surface area (Å²) in [5, 5.41) is 11.6. The van der Waals surface area contributed by atoms with Gasteiger partial charge in [0.25, 0.3) is 5.91 Å². The molecule has 0 aliphatic carbocycles. The summed E-state index contributed by atoms with van der Waals surface area (Å²) in [4.78, 5) is 15.7. The Morgan fingerprint density at radius 1 is 1.28 bits per heavy atom. The average Bonchev–Trinajstić information content (AvgIpc) is 3.40. The summed E-state index contributed by atoms with van der Waals surface area (Å²) in [6, 6.07) is 12.8. The van der Waals surface area contributed by atoms with Crippen LogP contribution in [0.1, 0.15) is 34.8 Å². The van der Waals surface area contributed by atoms with Crippen LogP contribution in [0.3, 0.4) is 0 Å². The van der Waals surface area contributed by atoms with E-state index in [4.69, 9.17) is 21.8 Å². The summed E-state index contributed by atoms with van der Waals surface area (Å²) >= 11 is 6.03. The van der Waals surface area contributed by atoms with E-state index >= 15 is 0 Å². The van der Waals surface area contributed by atoms with Crippen molar-refractivity contribution in [1.82, 2.24) is 20.4 Å². The molecule has 1 atom stereocenters. The number of furan rings is 1. The predicted octanol–water partition coefficient (Wildman–Crippen LogP) is 2.57. The number of hydrogen-bond acceptors (Lipinski definition) is 4. The molecule has 1 amide bonds. The van der Waals surface area contributed by atoms with Gasteiger partial charge in [0.05, 0.1) is 6.04 Å². The molecule has 2 heterocycles.